The molecular formula is C21H29N5O. The number of fused-ring (bicyclic) bond motifs is 3. The normalized spacial score (nSPS) is 15.7. The Bertz CT molecular complexity index is 885. The minimum Gasteiger partial charge on any atom is -0.395 e. The van der Waals surface area contributed by atoms with Crippen LogP contribution < -0.4 is 10.6 Å². The number of para-hydroxylation sites is 1. The van der Waals surface area contributed by atoms with Crippen molar-refractivity contribution in [2.75, 3.05) is 45.9 Å². The summed E-state index contributed by atoms with van der Waals surface area (Å²) in [4.78, 5) is 7.17. The maximum Gasteiger partial charge on any atom is 0.0784 e. The number of hydrogen-bond donors (Lipinski definition) is 3. The summed E-state index contributed by atoms with van der Waals surface area (Å²) in [5.41, 5.74) is 3.36. The van der Waals surface area contributed by atoms with Gasteiger partial charge in [0, 0.05) is 61.8 Å². The predicted octanol–water partition coefficient (Wildman–Crippen LogP) is 1.57. The molecule has 3 N–H and O–H groups in total. The molecule has 4 rings (SSSR count). The van der Waals surface area contributed by atoms with Crippen LogP contribution in [0.1, 0.15) is 12.1 Å². The molecule has 3 heterocycles. The van der Waals surface area contributed by atoms with Gasteiger partial charge in [0.2, 0.25) is 0 Å². The SMILES string of the molecule is OCCn1c2ccccc2c2ccnc(CNCCCN3CCNCC3)c21. The van der Waals surface area contributed by atoms with Crippen LogP contribution >= 0.6 is 0 Å². The molecule has 0 spiro atoms. The van der Waals surface area contributed by atoms with Crippen LogP contribution in [0.15, 0.2) is 36.5 Å². The van der Waals surface area contributed by atoms with Crippen molar-refractivity contribution < 1.29 is 5.11 Å². The highest BCUT2D eigenvalue weighted by molar-refractivity contribution is 6.08. The smallest absolute Gasteiger partial charge is 0.0784 e. The van der Waals surface area contributed by atoms with Crippen LogP contribution in [0.5, 0.6) is 0 Å². The minimum atomic E-state index is 0.125. The van der Waals surface area contributed by atoms with E-state index in [1.54, 1.807) is 0 Å². The number of piperazine rings is 1. The largest absolute Gasteiger partial charge is 0.395 e. The number of aliphatic hydroxyl groups is 1. The van der Waals surface area contributed by atoms with Crippen molar-refractivity contribution in [3.8, 4) is 0 Å². The van der Waals surface area contributed by atoms with Crippen LogP contribution in [-0.2, 0) is 13.1 Å². The van der Waals surface area contributed by atoms with Gasteiger partial charge in [-0.2, -0.15) is 0 Å². The first-order valence-corrected chi connectivity index (χ1v) is 9.98. The fraction of sp³-hybridized carbons (Fsp3) is 0.476. The average Bonchev–Trinajstić information content (AvgIpc) is 3.04. The Morgan fingerprint density at radius 2 is 1.93 bits per heavy atom. The van der Waals surface area contributed by atoms with Gasteiger partial charge in [0.25, 0.3) is 0 Å². The zero-order valence-corrected chi connectivity index (χ0v) is 15.8. The predicted molar refractivity (Wildman–Crippen MR) is 110 cm³/mol. The number of benzene rings is 1. The summed E-state index contributed by atoms with van der Waals surface area (Å²) < 4.78 is 2.20. The lowest BCUT2D eigenvalue weighted by molar-refractivity contribution is 0.237. The number of hydrogen-bond acceptors (Lipinski definition) is 5. The maximum atomic E-state index is 9.55. The monoisotopic (exact) mass is 367 g/mol. The first-order chi connectivity index (χ1) is 13.4. The van der Waals surface area contributed by atoms with Gasteiger partial charge in [0.15, 0.2) is 0 Å². The zero-order chi connectivity index (χ0) is 18.5. The number of nitrogens with zero attached hydrogens (tertiary/aromatic N) is 3. The van der Waals surface area contributed by atoms with Gasteiger partial charge in [0.05, 0.1) is 17.8 Å². The van der Waals surface area contributed by atoms with Crippen LogP contribution in [-0.4, -0.2) is 65.4 Å². The van der Waals surface area contributed by atoms with Crippen molar-refractivity contribution >= 4 is 21.8 Å². The standard InChI is InChI=1S/C21H29N5O/c27-15-14-26-20-5-2-1-4-17(20)18-6-8-24-19(21(18)26)16-23-7-3-11-25-12-9-22-10-13-25/h1-2,4-6,8,22-23,27H,3,7,9-16H2. The van der Waals surface area contributed by atoms with Gasteiger partial charge < -0.3 is 25.2 Å². The number of pyridine rings is 1. The lowest BCUT2D eigenvalue weighted by Gasteiger charge is -2.27. The fourth-order valence-corrected chi connectivity index (χ4v) is 4.10. The van der Waals surface area contributed by atoms with Gasteiger partial charge in [0.1, 0.15) is 0 Å². The van der Waals surface area contributed by atoms with E-state index in [2.05, 4.69) is 55.4 Å². The topological polar surface area (TPSA) is 65.3 Å². The molecule has 1 aliphatic heterocycles. The van der Waals surface area contributed by atoms with E-state index in [9.17, 15) is 5.11 Å². The van der Waals surface area contributed by atoms with Gasteiger partial charge in [-0.1, -0.05) is 18.2 Å². The lowest BCUT2D eigenvalue weighted by atomic mass is 10.1. The molecule has 144 valence electrons. The Morgan fingerprint density at radius 1 is 1.07 bits per heavy atom. The summed E-state index contributed by atoms with van der Waals surface area (Å²) >= 11 is 0. The molecule has 27 heavy (non-hydrogen) atoms. The van der Waals surface area contributed by atoms with E-state index in [0.29, 0.717) is 6.54 Å². The highest BCUT2D eigenvalue weighted by Gasteiger charge is 2.14. The Hall–Kier alpha value is -1.99. The Balaban J connectivity index is 1.46. The number of aromatic nitrogens is 2. The fourth-order valence-electron chi connectivity index (χ4n) is 4.10. The molecule has 1 aliphatic rings. The van der Waals surface area contributed by atoms with Gasteiger partial charge in [-0.15, -0.1) is 0 Å². The Kier molecular flexibility index (Phi) is 5.99. The van der Waals surface area contributed by atoms with Gasteiger partial charge in [-0.05, 0) is 31.6 Å². The summed E-state index contributed by atoms with van der Waals surface area (Å²) in [6.07, 6.45) is 3.05. The quantitative estimate of drug-likeness (QED) is 0.528. The van der Waals surface area contributed by atoms with Crippen molar-refractivity contribution in [3.05, 3.63) is 42.2 Å². The van der Waals surface area contributed by atoms with Crippen LogP contribution in [0.4, 0.5) is 0 Å². The highest BCUT2D eigenvalue weighted by Crippen LogP contribution is 2.30. The summed E-state index contributed by atoms with van der Waals surface area (Å²) in [6.45, 7) is 8.12. The summed E-state index contributed by atoms with van der Waals surface area (Å²) in [5, 5.41) is 19.0. The molecule has 0 saturated carbocycles. The van der Waals surface area contributed by atoms with Crippen molar-refractivity contribution in [1.82, 2.24) is 25.1 Å². The molecular weight excluding hydrogens is 338 g/mol. The van der Waals surface area contributed by atoms with E-state index >= 15 is 0 Å². The second kappa shape index (κ2) is 8.80. The summed E-state index contributed by atoms with van der Waals surface area (Å²) in [5.74, 6) is 0. The Morgan fingerprint density at radius 3 is 2.78 bits per heavy atom. The van der Waals surface area contributed by atoms with Crippen molar-refractivity contribution in [1.29, 1.82) is 0 Å². The van der Waals surface area contributed by atoms with Crippen LogP contribution in [0.2, 0.25) is 0 Å². The van der Waals surface area contributed by atoms with Crippen molar-refractivity contribution in [3.63, 3.8) is 0 Å². The number of rotatable bonds is 8. The first-order valence-electron chi connectivity index (χ1n) is 9.98. The summed E-state index contributed by atoms with van der Waals surface area (Å²) in [7, 11) is 0. The second-order valence-corrected chi connectivity index (χ2v) is 7.17. The molecule has 3 aromatic rings. The van der Waals surface area contributed by atoms with E-state index in [1.165, 1.54) is 10.8 Å². The molecule has 0 bridgehead atoms. The van der Waals surface area contributed by atoms with E-state index in [4.69, 9.17) is 0 Å². The maximum absolute atomic E-state index is 9.55. The van der Waals surface area contributed by atoms with E-state index in [-0.39, 0.29) is 6.61 Å². The molecule has 0 radical (unpaired) electrons. The number of aliphatic hydroxyl groups excluding tert-OH is 1. The molecule has 6 nitrogen and oxygen atoms in total. The third-order valence-electron chi connectivity index (χ3n) is 5.41. The minimum absolute atomic E-state index is 0.125. The second-order valence-electron chi connectivity index (χ2n) is 7.17. The molecule has 1 saturated heterocycles. The first kappa shape index (κ1) is 18.4. The van der Waals surface area contributed by atoms with Crippen LogP contribution in [0.25, 0.3) is 21.8 Å². The van der Waals surface area contributed by atoms with Crippen molar-refractivity contribution in [2.45, 2.75) is 19.5 Å². The van der Waals surface area contributed by atoms with Crippen LogP contribution in [0.3, 0.4) is 0 Å². The molecule has 0 aliphatic carbocycles. The van der Waals surface area contributed by atoms with Gasteiger partial charge >= 0.3 is 0 Å². The third kappa shape index (κ3) is 3.99. The van der Waals surface area contributed by atoms with Crippen LogP contribution in [0, 0.1) is 0 Å². The Labute approximate surface area is 160 Å². The van der Waals surface area contributed by atoms with E-state index in [0.717, 1.165) is 69.0 Å². The molecule has 0 amide bonds. The molecule has 0 atom stereocenters. The highest BCUT2D eigenvalue weighted by atomic mass is 16.3. The van der Waals surface area contributed by atoms with Gasteiger partial charge in [-0.25, -0.2) is 0 Å². The molecule has 1 aromatic carbocycles. The van der Waals surface area contributed by atoms with E-state index < -0.39 is 0 Å². The molecule has 2 aromatic heterocycles. The van der Waals surface area contributed by atoms with Gasteiger partial charge in [-0.3, -0.25) is 4.98 Å². The molecule has 0 unspecified atom stereocenters. The average molecular weight is 367 g/mol. The zero-order valence-electron chi connectivity index (χ0n) is 15.8. The molecule has 6 heteroatoms. The lowest BCUT2D eigenvalue weighted by Crippen LogP contribution is -2.44. The third-order valence-corrected chi connectivity index (χ3v) is 5.41. The summed E-state index contributed by atoms with van der Waals surface area (Å²) in [6, 6.07) is 10.5. The number of nitrogens with one attached hydrogen (secondary N) is 2. The van der Waals surface area contributed by atoms with Crippen molar-refractivity contribution in [2.24, 2.45) is 0 Å². The molecule has 1 fully saturated rings. The van der Waals surface area contributed by atoms with E-state index in [1.807, 2.05) is 6.20 Å².